The summed E-state index contributed by atoms with van der Waals surface area (Å²) in [6.07, 6.45) is 0.975. The molecule has 7 heteroatoms. The van der Waals surface area contributed by atoms with Gasteiger partial charge in [0, 0.05) is 19.0 Å². The maximum Gasteiger partial charge on any atom is 0.170 e. The van der Waals surface area contributed by atoms with E-state index in [1.54, 1.807) is 0 Å². The fourth-order valence-electron chi connectivity index (χ4n) is 2.21. The maximum atomic E-state index is 13.4. The molecule has 1 fully saturated rings. The van der Waals surface area contributed by atoms with Crippen molar-refractivity contribution in [1.82, 2.24) is 5.32 Å². The largest absolute Gasteiger partial charge is 0.370 e. The Kier molecular flexibility index (Phi) is 6.28. The van der Waals surface area contributed by atoms with E-state index in [9.17, 15) is 8.78 Å². The number of rotatable bonds is 5. The van der Waals surface area contributed by atoms with Crippen molar-refractivity contribution in [3.8, 4) is 0 Å². The van der Waals surface area contributed by atoms with E-state index in [4.69, 9.17) is 17.0 Å². The van der Waals surface area contributed by atoms with Gasteiger partial charge in [-0.05, 0) is 24.4 Å². The zero-order valence-electron chi connectivity index (χ0n) is 11.8. The van der Waals surface area contributed by atoms with Crippen molar-refractivity contribution in [2.75, 3.05) is 44.7 Å². The highest BCUT2D eigenvalue weighted by molar-refractivity contribution is 7.80. The van der Waals surface area contributed by atoms with Gasteiger partial charge in [0.1, 0.15) is 24.7 Å². The highest BCUT2D eigenvalue weighted by Crippen LogP contribution is 2.14. The molecule has 2 rings (SSSR count). The van der Waals surface area contributed by atoms with Gasteiger partial charge < -0.3 is 20.3 Å². The zero-order chi connectivity index (χ0) is 15.1. The second kappa shape index (κ2) is 8.21. The van der Waals surface area contributed by atoms with Crippen LogP contribution in [-0.2, 0) is 4.74 Å². The minimum Gasteiger partial charge on any atom is -0.370 e. The van der Waals surface area contributed by atoms with Gasteiger partial charge in [0.05, 0.1) is 25.4 Å². The smallest absolute Gasteiger partial charge is 0.170 e. The molecule has 0 aromatic heterocycles. The Bertz CT molecular complexity index is 481. The van der Waals surface area contributed by atoms with Gasteiger partial charge in [-0.15, -0.1) is 0 Å². The van der Waals surface area contributed by atoms with E-state index in [-0.39, 0.29) is 5.69 Å². The molecule has 4 nitrogen and oxygen atoms in total. The number of morpholine rings is 1. The quantitative estimate of drug-likeness (QED) is 0.548. The maximum absolute atomic E-state index is 13.4. The lowest BCUT2D eigenvalue weighted by molar-refractivity contribution is -0.908. The van der Waals surface area contributed by atoms with Gasteiger partial charge in [0.25, 0.3) is 0 Å². The number of thiocarbonyl (C=S) groups is 1. The average molecular weight is 316 g/mol. The van der Waals surface area contributed by atoms with Crippen molar-refractivity contribution >= 4 is 23.0 Å². The van der Waals surface area contributed by atoms with Crippen LogP contribution in [0.5, 0.6) is 0 Å². The molecule has 21 heavy (non-hydrogen) atoms. The molecule has 0 radical (unpaired) electrons. The average Bonchev–Trinajstić information content (AvgIpc) is 2.48. The van der Waals surface area contributed by atoms with Gasteiger partial charge in [-0.2, -0.15) is 0 Å². The Morgan fingerprint density at radius 3 is 2.76 bits per heavy atom. The van der Waals surface area contributed by atoms with Crippen LogP contribution in [0.15, 0.2) is 18.2 Å². The van der Waals surface area contributed by atoms with E-state index in [2.05, 4.69) is 10.6 Å². The van der Waals surface area contributed by atoms with Gasteiger partial charge >= 0.3 is 0 Å². The van der Waals surface area contributed by atoms with E-state index in [1.165, 1.54) is 17.0 Å². The van der Waals surface area contributed by atoms with Crippen LogP contribution in [0.4, 0.5) is 14.5 Å². The molecule has 1 heterocycles. The first-order valence-corrected chi connectivity index (χ1v) is 7.47. The Morgan fingerprint density at radius 2 is 2.05 bits per heavy atom. The summed E-state index contributed by atoms with van der Waals surface area (Å²) in [5.41, 5.74) is 0.174. The predicted octanol–water partition coefficient (Wildman–Crippen LogP) is 0.556. The Balaban J connectivity index is 1.65. The van der Waals surface area contributed by atoms with Crippen molar-refractivity contribution in [3.63, 3.8) is 0 Å². The lowest BCUT2D eigenvalue weighted by Crippen LogP contribution is -3.14. The third-order valence-electron chi connectivity index (χ3n) is 3.37. The van der Waals surface area contributed by atoms with E-state index in [1.807, 2.05) is 0 Å². The molecule has 1 aliphatic rings. The fourth-order valence-corrected chi connectivity index (χ4v) is 2.42. The minimum absolute atomic E-state index is 0.174. The van der Waals surface area contributed by atoms with Gasteiger partial charge in [-0.25, -0.2) is 8.78 Å². The number of quaternary nitrogens is 1. The summed E-state index contributed by atoms with van der Waals surface area (Å²) in [6.45, 7) is 5.52. The highest BCUT2D eigenvalue weighted by Gasteiger charge is 2.12. The summed E-state index contributed by atoms with van der Waals surface area (Å²) in [5.74, 6) is -1.26. The van der Waals surface area contributed by atoms with E-state index >= 15 is 0 Å². The molecule has 0 bridgehead atoms. The van der Waals surface area contributed by atoms with Crippen molar-refractivity contribution in [2.45, 2.75) is 6.42 Å². The topological polar surface area (TPSA) is 37.7 Å². The summed E-state index contributed by atoms with van der Waals surface area (Å²) in [6, 6.07) is 3.35. The molecular formula is C14H20F2N3OS+. The second-order valence-corrected chi connectivity index (χ2v) is 5.38. The summed E-state index contributed by atoms with van der Waals surface area (Å²) in [7, 11) is 0. The number of nitrogens with one attached hydrogen (secondary N) is 3. The molecule has 0 atom stereocenters. The monoisotopic (exact) mass is 316 g/mol. The van der Waals surface area contributed by atoms with Gasteiger partial charge in [0.2, 0.25) is 0 Å². The molecular weight excluding hydrogens is 296 g/mol. The van der Waals surface area contributed by atoms with E-state index < -0.39 is 11.6 Å². The summed E-state index contributed by atoms with van der Waals surface area (Å²) in [5, 5.41) is 6.10. The Hall–Kier alpha value is -1.31. The Labute approximate surface area is 128 Å². The van der Waals surface area contributed by atoms with Crippen LogP contribution in [0.2, 0.25) is 0 Å². The van der Waals surface area contributed by atoms with Gasteiger partial charge in [0.15, 0.2) is 5.11 Å². The summed E-state index contributed by atoms with van der Waals surface area (Å²) < 4.78 is 31.5. The number of hydrogen-bond acceptors (Lipinski definition) is 2. The first kappa shape index (κ1) is 16.1. The fraction of sp³-hybridized carbons (Fsp3) is 0.500. The van der Waals surface area contributed by atoms with Crippen LogP contribution in [0, 0.1) is 11.6 Å². The minimum atomic E-state index is -0.656. The molecule has 0 unspecified atom stereocenters. The van der Waals surface area contributed by atoms with Gasteiger partial charge in [-0.3, -0.25) is 0 Å². The molecule has 1 saturated heterocycles. The van der Waals surface area contributed by atoms with E-state index in [0.29, 0.717) is 5.11 Å². The van der Waals surface area contributed by atoms with Crippen LogP contribution < -0.4 is 15.5 Å². The number of ether oxygens (including phenoxy) is 1. The first-order valence-electron chi connectivity index (χ1n) is 7.06. The lowest BCUT2D eigenvalue weighted by atomic mass is 10.3. The normalized spacial score (nSPS) is 15.7. The lowest BCUT2D eigenvalue weighted by Gasteiger charge is -2.23. The second-order valence-electron chi connectivity index (χ2n) is 4.97. The predicted molar refractivity (Wildman–Crippen MR) is 81.6 cm³/mol. The molecule has 1 aromatic carbocycles. The molecule has 1 aromatic rings. The number of hydrogen-bond donors (Lipinski definition) is 3. The number of benzene rings is 1. The molecule has 3 N–H and O–H groups in total. The van der Waals surface area contributed by atoms with Gasteiger partial charge in [-0.1, -0.05) is 0 Å². The highest BCUT2D eigenvalue weighted by atomic mass is 32.1. The summed E-state index contributed by atoms with van der Waals surface area (Å²) in [4.78, 5) is 1.53. The summed E-state index contributed by atoms with van der Waals surface area (Å²) >= 11 is 5.09. The molecule has 0 spiro atoms. The first-order chi connectivity index (χ1) is 10.1. The van der Waals surface area contributed by atoms with Crippen molar-refractivity contribution in [2.24, 2.45) is 0 Å². The van der Waals surface area contributed by atoms with Crippen molar-refractivity contribution < 1.29 is 18.4 Å². The van der Waals surface area contributed by atoms with Crippen LogP contribution in [0.1, 0.15) is 6.42 Å². The van der Waals surface area contributed by atoms with Crippen molar-refractivity contribution in [1.29, 1.82) is 0 Å². The van der Waals surface area contributed by atoms with Crippen molar-refractivity contribution in [3.05, 3.63) is 29.8 Å². The molecule has 0 aliphatic carbocycles. The third-order valence-corrected chi connectivity index (χ3v) is 3.62. The molecule has 116 valence electrons. The third kappa shape index (κ3) is 5.53. The standard InChI is InChI=1S/C14H19F2N3OS/c15-11-2-3-13(12(16)10-11)18-14(21)17-4-1-5-19-6-8-20-9-7-19/h2-3,10H,1,4-9H2,(H2,17,18,21)/p+1. The number of anilines is 1. The Morgan fingerprint density at radius 1 is 1.29 bits per heavy atom. The molecule has 0 amide bonds. The molecule has 1 aliphatic heterocycles. The van der Waals surface area contributed by atoms with Crippen LogP contribution >= 0.6 is 12.2 Å². The van der Waals surface area contributed by atoms with Crippen LogP contribution in [0.3, 0.4) is 0 Å². The van der Waals surface area contributed by atoms with Crippen LogP contribution in [0.25, 0.3) is 0 Å². The van der Waals surface area contributed by atoms with E-state index in [0.717, 1.165) is 51.9 Å². The molecule has 0 saturated carbocycles. The van der Waals surface area contributed by atoms with Crippen LogP contribution in [-0.4, -0.2) is 44.5 Å². The SMILES string of the molecule is Fc1ccc(NC(=S)NCCC[NH+]2CCOCC2)c(F)c1. The number of halogens is 2. The zero-order valence-corrected chi connectivity index (χ0v) is 12.6.